The lowest BCUT2D eigenvalue weighted by Crippen LogP contribution is -2.48. The molecule has 1 heterocycles. The highest BCUT2D eigenvalue weighted by Crippen LogP contribution is 2.60. The van der Waals surface area contributed by atoms with Gasteiger partial charge < -0.3 is 4.98 Å². The molecule has 1 N–H and O–H groups in total. The van der Waals surface area contributed by atoms with Crippen molar-refractivity contribution in [2.45, 2.75) is 43.9 Å². The van der Waals surface area contributed by atoms with Gasteiger partial charge in [0.2, 0.25) is 0 Å². The molecule has 0 spiro atoms. The van der Waals surface area contributed by atoms with Crippen molar-refractivity contribution in [1.29, 1.82) is 0 Å². The van der Waals surface area contributed by atoms with Crippen LogP contribution in [0.25, 0.3) is 11.3 Å². The number of rotatable bonds is 2. The molecule has 4 bridgehead atoms. The summed E-state index contributed by atoms with van der Waals surface area (Å²) in [5.74, 6) is 3.04. The van der Waals surface area contributed by atoms with E-state index in [9.17, 15) is 0 Å². The number of nitrogens with one attached hydrogen (secondary N) is 1. The highest BCUT2D eigenvalue weighted by atomic mass is 14.8. The molecular formula is C20H23N. The van der Waals surface area contributed by atoms with Gasteiger partial charge in [0, 0.05) is 16.8 Å². The van der Waals surface area contributed by atoms with Crippen LogP contribution in [0.1, 0.15) is 44.2 Å². The molecule has 4 saturated carbocycles. The Labute approximate surface area is 126 Å². The van der Waals surface area contributed by atoms with E-state index in [-0.39, 0.29) is 0 Å². The van der Waals surface area contributed by atoms with Gasteiger partial charge in [-0.1, -0.05) is 30.3 Å². The average Bonchev–Trinajstić information content (AvgIpc) is 2.97. The van der Waals surface area contributed by atoms with E-state index in [0.717, 1.165) is 17.8 Å². The third kappa shape index (κ3) is 1.83. The zero-order valence-electron chi connectivity index (χ0n) is 12.5. The summed E-state index contributed by atoms with van der Waals surface area (Å²) in [5.41, 5.74) is 4.62. The number of H-pyrrole nitrogens is 1. The quantitative estimate of drug-likeness (QED) is 0.781. The minimum Gasteiger partial charge on any atom is -0.358 e. The normalized spacial score (nSPS) is 37.0. The minimum absolute atomic E-state index is 0.488. The smallest absolute Gasteiger partial charge is 0.0456 e. The molecule has 1 aromatic heterocycles. The number of hydrogen-bond donors (Lipinski definition) is 1. The van der Waals surface area contributed by atoms with E-state index in [1.54, 1.807) is 0 Å². The van der Waals surface area contributed by atoms with E-state index in [4.69, 9.17) is 0 Å². The van der Waals surface area contributed by atoms with Gasteiger partial charge >= 0.3 is 0 Å². The fourth-order valence-electron chi connectivity index (χ4n) is 5.93. The number of aromatic amines is 1. The topological polar surface area (TPSA) is 15.8 Å². The number of hydrogen-bond acceptors (Lipinski definition) is 0. The first-order chi connectivity index (χ1) is 10.3. The lowest BCUT2D eigenvalue weighted by Gasteiger charge is -2.56. The second kappa shape index (κ2) is 4.25. The van der Waals surface area contributed by atoms with Crippen molar-refractivity contribution in [1.82, 2.24) is 4.98 Å². The van der Waals surface area contributed by atoms with E-state index < -0.39 is 0 Å². The van der Waals surface area contributed by atoms with Crippen LogP contribution in [0, 0.1) is 17.8 Å². The first kappa shape index (κ1) is 12.1. The van der Waals surface area contributed by atoms with Crippen LogP contribution in [0.2, 0.25) is 0 Å². The van der Waals surface area contributed by atoms with Gasteiger partial charge in [-0.05, 0) is 74.0 Å². The summed E-state index contributed by atoms with van der Waals surface area (Å²) in [6.07, 6.45) is 8.87. The van der Waals surface area contributed by atoms with E-state index in [0.29, 0.717) is 5.41 Å². The molecule has 21 heavy (non-hydrogen) atoms. The van der Waals surface area contributed by atoms with Crippen LogP contribution in [0.5, 0.6) is 0 Å². The van der Waals surface area contributed by atoms with Crippen LogP contribution >= 0.6 is 0 Å². The maximum atomic E-state index is 3.79. The standard InChI is InChI=1S/C20H23N/c1-2-4-17(5-3-1)18-6-7-19(21-18)20-11-14-8-15(12-20)10-16(9-14)13-20/h1-7,14-16,21H,8-13H2. The van der Waals surface area contributed by atoms with Gasteiger partial charge in [0.05, 0.1) is 0 Å². The number of benzene rings is 1. The van der Waals surface area contributed by atoms with Crippen molar-refractivity contribution in [3.63, 3.8) is 0 Å². The molecule has 2 aromatic rings. The minimum atomic E-state index is 0.488. The zero-order valence-corrected chi connectivity index (χ0v) is 12.5. The summed E-state index contributed by atoms with van der Waals surface area (Å²) in [5, 5.41) is 0. The largest absolute Gasteiger partial charge is 0.358 e. The van der Waals surface area contributed by atoms with Gasteiger partial charge in [-0.25, -0.2) is 0 Å². The van der Waals surface area contributed by atoms with Gasteiger partial charge in [0.25, 0.3) is 0 Å². The molecule has 0 radical (unpaired) electrons. The van der Waals surface area contributed by atoms with Crippen molar-refractivity contribution in [2.75, 3.05) is 0 Å². The summed E-state index contributed by atoms with van der Waals surface area (Å²) in [6.45, 7) is 0. The maximum absolute atomic E-state index is 3.79. The first-order valence-corrected chi connectivity index (χ1v) is 8.56. The molecule has 4 fully saturated rings. The fourth-order valence-corrected chi connectivity index (χ4v) is 5.93. The lowest BCUT2D eigenvalue weighted by atomic mass is 9.49. The molecule has 0 unspecified atom stereocenters. The molecule has 1 aromatic carbocycles. The van der Waals surface area contributed by atoms with Crippen molar-refractivity contribution in [3.05, 3.63) is 48.2 Å². The summed E-state index contributed by atoms with van der Waals surface area (Å²) in [6, 6.07) is 15.4. The van der Waals surface area contributed by atoms with Gasteiger partial charge in [-0.15, -0.1) is 0 Å². The summed E-state index contributed by atoms with van der Waals surface area (Å²) in [7, 11) is 0. The van der Waals surface area contributed by atoms with E-state index >= 15 is 0 Å². The zero-order chi connectivity index (χ0) is 13.9. The Hall–Kier alpha value is -1.50. The van der Waals surface area contributed by atoms with Crippen molar-refractivity contribution in [2.24, 2.45) is 17.8 Å². The molecule has 0 amide bonds. The molecule has 6 rings (SSSR count). The van der Waals surface area contributed by atoms with Crippen molar-refractivity contribution < 1.29 is 0 Å². The molecule has 0 aliphatic heterocycles. The van der Waals surface area contributed by atoms with E-state index in [1.165, 1.54) is 55.5 Å². The van der Waals surface area contributed by atoms with Crippen LogP contribution in [-0.2, 0) is 5.41 Å². The van der Waals surface area contributed by atoms with Crippen LogP contribution in [0.4, 0.5) is 0 Å². The van der Waals surface area contributed by atoms with Crippen molar-refractivity contribution in [3.8, 4) is 11.3 Å². The van der Waals surface area contributed by atoms with Crippen LogP contribution in [0.3, 0.4) is 0 Å². The fraction of sp³-hybridized carbons (Fsp3) is 0.500. The maximum Gasteiger partial charge on any atom is 0.0456 e. The van der Waals surface area contributed by atoms with Crippen LogP contribution in [-0.4, -0.2) is 4.98 Å². The van der Waals surface area contributed by atoms with E-state index in [2.05, 4.69) is 47.4 Å². The van der Waals surface area contributed by atoms with Gasteiger partial charge in [0.1, 0.15) is 0 Å². The highest BCUT2D eigenvalue weighted by molar-refractivity contribution is 5.60. The highest BCUT2D eigenvalue weighted by Gasteiger charge is 2.52. The first-order valence-electron chi connectivity index (χ1n) is 8.56. The molecule has 0 saturated heterocycles. The predicted molar refractivity (Wildman–Crippen MR) is 86.1 cm³/mol. The Bertz CT molecular complexity index is 616. The lowest BCUT2D eigenvalue weighted by molar-refractivity contribution is -0.00693. The molecule has 4 aliphatic carbocycles. The molecule has 1 nitrogen and oxygen atoms in total. The van der Waals surface area contributed by atoms with Gasteiger partial charge in [-0.2, -0.15) is 0 Å². The SMILES string of the molecule is c1ccc(-c2ccc(C34CC5CC(CC(C5)C3)C4)[nH]2)cc1. The Morgan fingerprint density at radius 2 is 1.38 bits per heavy atom. The molecule has 108 valence electrons. The third-order valence-electron chi connectivity index (χ3n) is 6.38. The van der Waals surface area contributed by atoms with E-state index in [1.807, 2.05) is 0 Å². The molecular weight excluding hydrogens is 254 g/mol. The molecule has 4 aliphatic rings. The second-order valence-corrected chi connectivity index (χ2v) is 7.85. The summed E-state index contributed by atoms with van der Waals surface area (Å²) >= 11 is 0. The number of aromatic nitrogens is 1. The molecule has 0 atom stereocenters. The Morgan fingerprint density at radius 3 is 2.00 bits per heavy atom. The van der Waals surface area contributed by atoms with Crippen molar-refractivity contribution >= 4 is 0 Å². The second-order valence-electron chi connectivity index (χ2n) is 7.85. The molecule has 1 heteroatoms. The Morgan fingerprint density at radius 1 is 0.762 bits per heavy atom. The van der Waals surface area contributed by atoms with Gasteiger partial charge in [-0.3, -0.25) is 0 Å². The van der Waals surface area contributed by atoms with Crippen LogP contribution < -0.4 is 0 Å². The monoisotopic (exact) mass is 277 g/mol. The third-order valence-corrected chi connectivity index (χ3v) is 6.38. The van der Waals surface area contributed by atoms with Crippen LogP contribution in [0.15, 0.2) is 42.5 Å². The Balaban J connectivity index is 1.52. The van der Waals surface area contributed by atoms with Gasteiger partial charge in [0.15, 0.2) is 0 Å². The summed E-state index contributed by atoms with van der Waals surface area (Å²) in [4.78, 5) is 3.79. The summed E-state index contributed by atoms with van der Waals surface area (Å²) < 4.78 is 0. The average molecular weight is 277 g/mol. The predicted octanol–water partition coefficient (Wildman–Crippen LogP) is 5.15. The Kier molecular flexibility index (Phi) is 2.45.